The van der Waals surface area contributed by atoms with Crippen molar-refractivity contribution in [3.8, 4) is 22.3 Å². The first-order valence-corrected chi connectivity index (χ1v) is 12.0. The molecule has 0 saturated heterocycles. The topological polar surface area (TPSA) is 26.3 Å². The van der Waals surface area contributed by atoms with Crippen LogP contribution in [0.5, 0.6) is 0 Å². The molecule has 34 heavy (non-hydrogen) atoms. The first-order chi connectivity index (χ1) is 15.9. The summed E-state index contributed by atoms with van der Waals surface area (Å²) in [6, 6.07) is 22.3. The lowest BCUT2D eigenvalue weighted by Crippen LogP contribution is -2.10. The molecule has 0 fully saturated rings. The molecule has 0 saturated carbocycles. The fourth-order valence-corrected chi connectivity index (χ4v) is 4.17. The summed E-state index contributed by atoms with van der Waals surface area (Å²) in [5.41, 5.74) is 10.0. The van der Waals surface area contributed by atoms with Crippen LogP contribution in [0, 0.1) is 6.92 Å². The molecule has 178 valence electrons. The minimum Gasteiger partial charge on any atom is -0.462 e. The molecule has 0 atom stereocenters. The van der Waals surface area contributed by atoms with Gasteiger partial charge in [-0.05, 0) is 68.3 Å². The van der Waals surface area contributed by atoms with Crippen molar-refractivity contribution in [3.05, 3.63) is 95.6 Å². The molecule has 3 aromatic rings. The lowest BCUT2D eigenvalue weighted by molar-refractivity contribution is -0.137. The Kier molecular flexibility index (Phi) is 7.51. The van der Waals surface area contributed by atoms with E-state index in [4.69, 9.17) is 4.74 Å². The molecule has 0 amide bonds. The van der Waals surface area contributed by atoms with E-state index >= 15 is 0 Å². The molecule has 0 aliphatic rings. The number of hydrogen-bond acceptors (Lipinski definition) is 2. The van der Waals surface area contributed by atoms with Crippen LogP contribution in [0.15, 0.2) is 73.3 Å². The minimum atomic E-state index is -0.386. The Hall–Kier alpha value is -3.13. The van der Waals surface area contributed by atoms with Gasteiger partial charge in [0.05, 0.1) is 6.61 Å². The van der Waals surface area contributed by atoms with E-state index in [9.17, 15) is 4.79 Å². The van der Waals surface area contributed by atoms with Crippen LogP contribution < -0.4 is 0 Å². The molecule has 3 aromatic carbocycles. The second-order valence-corrected chi connectivity index (χ2v) is 11.1. The van der Waals surface area contributed by atoms with Gasteiger partial charge in [-0.25, -0.2) is 4.79 Å². The molecule has 0 heterocycles. The third-order valence-corrected chi connectivity index (χ3v) is 6.36. The number of rotatable bonds is 6. The zero-order valence-corrected chi connectivity index (χ0v) is 21.8. The highest BCUT2D eigenvalue weighted by Gasteiger charge is 2.17. The summed E-state index contributed by atoms with van der Waals surface area (Å²) >= 11 is 0. The quantitative estimate of drug-likeness (QED) is 0.277. The zero-order chi connectivity index (χ0) is 25.1. The lowest BCUT2D eigenvalue weighted by Gasteiger charge is -2.21. The number of carbonyl (C=O) groups is 1. The van der Waals surface area contributed by atoms with Gasteiger partial charge in [0.15, 0.2) is 0 Å². The van der Waals surface area contributed by atoms with Crippen LogP contribution in [-0.4, -0.2) is 12.6 Å². The maximum atomic E-state index is 11.6. The summed E-state index contributed by atoms with van der Waals surface area (Å²) in [6.45, 7) is 19.4. The molecular formula is C32H38O2. The Balaban J connectivity index is 2.05. The lowest BCUT2D eigenvalue weighted by atomic mass is 9.84. The highest BCUT2D eigenvalue weighted by molar-refractivity contribution is 5.81. The molecule has 0 N–H and O–H groups in total. The van der Waals surface area contributed by atoms with Crippen molar-refractivity contribution in [1.82, 2.24) is 0 Å². The SMILES string of the molecule is C=CC(=O)OCCc1cc(C)c(-c2ccc(C(C)(C)C)cc2)cc1-c1ccc(C(C)(C)C)cc1. The van der Waals surface area contributed by atoms with Crippen LogP contribution in [0.2, 0.25) is 0 Å². The summed E-state index contributed by atoms with van der Waals surface area (Å²) < 4.78 is 5.29. The second kappa shape index (κ2) is 10.0. The van der Waals surface area contributed by atoms with Crippen molar-refractivity contribution in [3.63, 3.8) is 0 Å². The molecular weight excluding hydrogens is 416 g/mol. The first-order valence-electron chi connectivity index (χ1n) is 12.0. The van der Waals surface area contributed by atoms with Crippen molar-refractivity contribution >= 4 is 5.97 Å². The molecule has 2 heteroatoms. The summed E-state index contributed by atoms with van der Waals surface area (Å²) in [6.07, 6.45) is 1.86. The van der Waals surface area contributed by atoms with E-state index in [0.29, 0.717) is 13.0 Å². The highest BCUT2D eigenvalue weighted by atomic mass is 16.5. The average molecular weight is 455 g/mol. The Bertz CT molecular complexity index is 1150. The van der Waals surface area contributed by atoms with Crippen molar-refractivity contribution in [2.24, 2.45) is 0 Å². The Morgan fingerprint density at radius 3 is 1.71 bits per heavy atom. The van der Waals surface area contributed by atoms with Crippen LogP contribution in [0.4, 0.5) is 0 Å². The largest absolute Gasteiger partial charge is 0.462 e. The normalized spacial score (nSPS) is 11.9. The molecule has 0 radical (unpaired) electrons. The number of benzene rings is 3. The average Bonchev–Trinajstić information content (AvgIpc) is 2.78. The molecule has 0 aliphatic heterocycles. The zero-order valence-electron chi connectivity index (χ0n) is 21.8. The molecule has 0 bridgehead atoms. The first kappa shape index (κ1) is 25.5. The van der Waals surface area contributed by atoms with Crippen LogP contribution >= 0.6 is 0 Å². The summed E-state index contributed by atoms with van der Waals surface area (Å²) in [7, 11) is 0. The van der Waals surface area contributed by atoms with E-state index in [2.05, 4.69) is 116 Å². The van der Waals surface area contributed by atoms with Crippen molar-refractivity contribution in [2.45, 2.75) is 65.7 Å². The van der Waals surface area contributed by atoms with Gasteiger partial charge >= 0.3 is 5.97 Å². The maximum absolute atomic E-state index is 11.6. The van der Waals surface area contributed by atoms with Crippen LogP contribution in [-0.2, 0) is 26.8 Å². The van der Waals surface area contributed by atoms with Crippen molar-refractivity contribution in [2.75, 3.05) is 6.61 Å². The molecule has 3 rings (SSSR count). The van der Waals surface area contributed by atoms with E-state index in [0.717, 1.165) is 0 Å². The second-order valence-electron chi connectivity index (χ2n) is 11.1. The molecule has 0 unspecified atom stereocenters. The van der Waals surface area contributed by atoms with Gasteiger partial charge in [-0.15, -0.1) is 0 Å². The van der Waals surface area contributed by atoms with Gasteiger partial charge in [-0.1, -0.05) is 103 Å². The number of carbonyl (C=O) groups excluding carboxylic acids is 1. The fourth-order valence-electron chi connectivity index (χ4n) is 4.17. The Labute approximate surface area is 205 Å². The van der Waals surface area contributed by atoms with Gasteiger partial charge in [0.25, 0.3) is 0 Å². The van der Waals surface area contributed by atoms with E-state index in [-0.39, 0.29) is 16.8 Å². The molecule has 0 aromatic heterocycles. The van der Waals surface area contributed by atoms with Gasteiger partial charge < -0.3 is 4.74 Å². The molecule has 2 nitrogen and oxygen atoms in total. The van der Waals surface area contributed by atoms with Crippen molar-refractivity contribution < 1.29 is 9.53 Å². The predicted octanol–water partition coefficient (Wildman–Crippen LogP) is 8.20. The standard InChI is InChI=1S/C32H38O2/c1-9-30(33)34-19-18-25-20-22(2)28(23-10-14-26(15-11-23)31(3,4)5)21-29(25)24-12-16-27(17-13-24)32(6,7)8/h9-17,20-21H,1,18-19H2,2-8H3. The Morgan fingerprint density at radius 2 is 1.26 bits per heavy atom. The van der Waals surface area contributed by atoms with Crippen LogP contribution in [0.1, 0.15) is 63.8 Å². The Morgan fingerprint density at radius 1 is 0.794 bits per heavy atom. The monoisotopic (exact) mass is 454 g/mol. The third-order valence-electron chi connectivity index (χ3n) is 6.36. The predicted molar refractivity (Wildman–Crippen MR) is 144 cm³/mol. The third kappa shape index (κ3) is 6.05. The number of ether oxygens (including phenoxy) is 1. The molecule has 0 spiro atoms. The van der Waals surface area contributed by atoms with Gasteiger partial charge in [0, 0.05) is 12.5 Å². The number of hydrogen-bond donors (Lipinski definition) is 0. The highest BCUT2D eigenvalue weighted by Crippen LogP contribution is 2.35. The maximum Gasteiger partial charge on any atom is 0.330 e. The minimum absolute atomic E-state index is 0.105. The summed E-state index contributed by atoms with van der Waals surface area (Å²) in [5, 5.41) is 0. The van der Waals surface area contributed by atoms with E-state index in [1.165, 1.54) is 50.6 Å². The van der Waals surface area contributed by atoms with E-state index < -0.39 is 0 Å². The summed E-state index contributed by atoms with van der Waals surface area (Å²) in [4.78, 5) is 11.6. The van der Waals surface area contributed by atoms with Gasteiger partial charge in [-0.3, -0.25) is 0 Å². The number of esters is 1. The summed E-state index contributed by atoms with van der Waals surface area (Å²) in [5.74, 6) is -0.386. The van der Waals surface area contributed by atoms with E-state index in [1.54, 1.807) is 0 Å². The van der Waals surface area contributed by atoms with Gasteiger partial charge in [0.2, 0.25) is 0 Å². The van der Waals surface area contributed by atoms with Crippen molar-refractivity contribution in [1.29, 1.82) is 0 Å². The molecule has 0 aliphatic carbocycles. The van der Waals surface area contributed by atoms with Gasteiger partial charge in [-0.2, -0.15) is 0 Å². The smallest absolute Gasteiger partial charge is 0.330 e. The van der Waals surface area contributed by atoms with Crippen LogP contribution in [0.25, 0.3) is 22.3 Å². The fraction of sp³-hybridized carbons (Fsp3) is 0.344. The van der Waals surface area contributed by atoms with Gasteiger partial charge in [0.1, 0.15) is 0 Å². The van der Waals surface area contributed by atoms with Crippen LogP contribution in [0.3, 0.4) is 0 Å². The van der Waals surface area contributed by atoms with E-state index in [1.807, 2.05) is 0 Å². The number of aryl methyl sites for hydroxylation is 1.